The minimum absolute atomic E-state index is 0. The van der Waals surface area contributed by atoms with Crippen LogP contribution >= 0.6 is 0 Å². The SMILES string of the molecule is C.C.C.C.C.CC(=O)N1CCCC(C(C)(C)C)C1.CC(C)(C)C1CCCCO1.CC(C)(C)C1CCCOC1.CC(C)(C)C1CCOCC1. The Kier molecular flexibility index (Phi) is 30.9. The van der Waals surface area contributed by atoms with Gasteiger partial charge in [-0.2, -0.15) is 0 Å². The topological polar surface area (TPSA) is 48.0 Å². The molecule has 0 N–H and O–H groups in total. The molecule has 0 bridgehead atoms. The summed E-state index contributed by atoms with van der Waals surface area (Å²) >= 11 is 0. The summed E-state index contributed by atoms with van der Waals surface area (Å²) in [4.78, 5) is 13.2. The molecule has 4 rings (SSSR count). The first-order valence-electron chi connectivity index (χ1n) is 17.8. The Morgan fingerprint density at radius 3 is 1.33 bits per heavy atom. The minimum atomic E-state index is 0. The molecule has 3 unspecified atom stereocenters. The largest absolute Gasteiger partial charge is 0.381 e. The van der Waals surface area contributed by atoms with Crippen LogP contribution in [0.15, 0.2) is 0 Å². The maximum Gasteiger partial charge on any atom is 0.219 e. The second kappa shape index (κ2) is 26.2. The summed E-state index contributed by atoms with van der Waals surface area (Å²) in [6.07, 6.45) is 11.9. The van der Waals surface area contributed by atoms with Crippen LogP contribution in [0.3, 0.4) is 0 Å². The lowest BCUT2D eigenvalue weighted by molar-refractivity contribution is -0.131. The molecule has 0 aromatic heterocycles. The molecule has 4 heterocycles. The lowest BCUT2D eigenvalue weighted by Crippen LogP contribution is -2.42. The molecule has 0 aromatic rings. The summed E-state index contributed by atoms with van der Waals surface area (Å²) in [7, 11) is 0. The highest BCUT2D eigenvalue weighted by molar-refractivity contribution is 5.73. The van der Waals surface area contributed by atoms with Gasteiger partial charge in [-0.3, -0.25) is 4.79 Å². The van der Waals surface area contributed by atoms with Crippen LogP contribution in [0.5, 0.6) is 0 Å². The molecular weight excluding hydrogens is 594 g/mol. The van der Waals surface area contributed by atoms with Crippen molar-refractivity contribution in [1.82, 2.24) is 4.90 Å². The molecule has 4 saturated heterocycles. The molecule has 1 amide bonds. The highest BCUT2D eigenvalue weighted by Crippen LogP contribution is 2.35. The van der Waals surface area contributed by atoms with Crippen LogP contribution < -0.4 is 0 Å². The van der Waals surface area contributed by atoms with E-state index in [2.05, 4.69) is 83.1 Å². The minimum Gasteiger partial charge on any atom is -0.381 e. The lowest BCUT2D eigenvalue weighted by Gasteiger charge is -2.39. The van der Waals surface area contributed by atoms with E-state index in [0.717, 1.165) is 58.0 Å². The monoisotopic (exact) mass is 690 g/mol. The predicted octanol–water partition coefficient (Wildman–Crippen LogP) is 13.0. The van der Waals surface area contributed by atoms with E-state index in [1.807, 2.05) is 4.90 Å². The first-order chi connectivity index (χ1) is 19.7. The number of likely N-dealkylation sites (tertiary alicyclic amines) is 1. The highest BCUT2D eigenvalue weighted by Gasteiger charge is 2.31. The van der Waals surface area contributed by atoms with Crippen LogP contribution in [-0.4, -0.2) is 63.0 Å². The quantitative estimate of drug-likeness (QED) is 0.254. The fraction of sp³-hybridized carbons (Fsp3) is 0.977. The van der Waals surface area contributed by atoms with Crippen molar-refractivity contribution in [2.45, 2.75) is 191 Å². The van der Waals surface area contributed by atoms with Gasteiger partial charge in [-0.15, -0.1) is 0 Å². The van der Waals surface area contributed by atoms with Crippen molar-refractivity contribution < 1.29 is 19.0 Å². The van der Waals surface area contributed by atoms with Gasteiger partial charge in [0.05, 0.1) is 6.10 Å². The Balaban J connectivity index is -0.000000166. The number of hydrogen-bond acceptors (Lipinski definition) is 4. The van der Waals surface area contributed by atoms with E-state index < -0.39 is 0 Å². The van der Waals surface area contributed by atoms with E-state index in [1.165, 1.54) is 57.8 Å². The maximum atomic E-state index is 11.2. The van der Waals surface area contributed by atoms with Gasteiger partial charge in [0.1, 0.15) is 0 Å². The number of carbonyl (C=O) groups excluding carboxylic acids is 1. The zero-order valence-electron chi connectivity index (χ0n) is 31.2. The van der Waals surface area contributed by atoms with Gasteiger partial charge in [0, 0.05) is 53.0 Å². The molecule has 0 spiro atoms. The van der Waals surface area contributed by atoms with Crippen molar-refractivity contribution in [1.29, 1.82) is 0 Å². The molecular formula is C43H95NO4. The lowest BCUT2D eigenvalue weighted by atomic mass is 9.76. The molecule has 4 aliphatic heterocycles. The van der Waals surface area contributed by atoms with Crippen LogP contribution in [0.1, 0.15) is 185 Å². The zero-order valence-corrected chi connectivity index (χ0v) is 31.2. The van der Waals surface area contributed by atoms with E-state index >= 15 is 0 Å². The van der Waals surface area contributed by atoms with Crippen LogP contribution in [0.25, 0.3) is 0 Å². The normalized spacial score (nSPS) is 23.4. The smallest absolute Gasteiger partial charge is 0.219 e. The molecule has 48 heavy (non-hydrogen) atoms. The number of piperidine rings is 1. The third-order valence-corrected chi connectivity index (χ3v) is 10.1. The van der Waals surface area contributed by atoms with E-state index in [-0.39, 0.29) is 43.0 Å². The summed E-state index contributed by atoms with van der Waals surface area (Å²) in [5.74, 6) is 2.56. The Morgan fingerprint density at radius 2 is 1.02 bits per heavy atom. The van der Waals surface area contributed by atoms with Crippen molar-refractivity contribution in [3.05, 3.63) is 0 Å². The van der Waals surface area contributed by atoms with Gasteiger partial charge in [-0.25, -0.2) is 0 Å². The summed E-state index contributed by atoms with van der Waals surface area (Å²) in [5.41, 5.74) is 1.62. The summed E-state index contributed by atoms with van der Waals surface area (Å²) < 4.78 is 16.3. The fourth-order valence-electron chi connectivity index (χ4n) is 6.38. The predicted molar refractivity (Wildman–Crippen MR) is 217 cm³/mol. The highest BCUT2D eigenvalue weighted by atomic mass is 16.5. The standard InChI is InChI=1S/C11H21NO.3C9H18O.5CH4/c1-9(13)12-7-5-6-10(8-12)11(2,3)4;1-9(2,3)8-4-6-10-7-5-8;1-9(2,3)8-5-4-6-10-7-8;1-9(2,3)8-6-4-5-7-10-8;;;;;/h10H,5-8H2,1-4H3;3*8H,4-7H2,1-3H3;5*1H4. The number of ether oxygens (including phenoxy) is 3. The van der Waals surface area contributed by atoms with E-state index in [0.29, 0.717) is 33.7 Å². The molecule has 4 aliphatic rings. The van der Waals surface area contributed by atoms with Gasteiger partial charge in [-0.1, -0.05) is 120 Å². The Morgan fingerprint density at radius 1 is 0.521 bits per heavy atom. The van der Waals surface area contributed by atoms with Gasteiger partial charge >= 0.3 is 0 Å². The van der Waals surface area contributed by atoms with Gasteiger partial charge in [0.25, 0.3) is 0 Å². The molecule has 5 heteroatoms. The van der Waals surface area contributed by atoms with Gasteiger partial charge in [0.15, 0.2) is 0 Å². The van der Waals surface area contributed by atoms with E-state index in [4.69, 9.17) is 14.2 Å². The van der Waals surface area contributed by atoms with Crippen molar-refractivity contribution in [2.24, 2.45) is 39.4 Å². The zero-order chi connectivity index (χ0) is 32.9. The first-order valence-corrected chi connectivity index (χ1v) is 17.8. The van der Waals surface area contributed by atoms with Crippen LogP contribution in [0.2, 0.25) is 0 Å². The molecule has 296 valence electrons. The summed E-state index contributed by atoms with van der Waals surface area (Å²) in [5, 5.41) is 0. The van der Waals surface area contributed by atoms with Crippen molar-refractivity contribution in [3.8, 4) is 0 Å². The van der Waals surface area contributed by atoms with Gasteiger partial charge in [0.2, 0.25) is 5.91 Å². The van der Waals surface area contributed by atoms with Crippen LogP contribution in [-0.2, 0) is 19.0 Å². The average molecular weight is 690 g/mol. The third-order valence-electron chi connectivity index (χ3n) is 10.1. The number of nitrogens with zero attached hydrogens (tertiary/aromatic N) is 1. The van der Waals surface area contributed by atoms with E-state index in [1.54, 1.807) is 6.92 Å². The van der Waals surface area contributed by atoms with Gasteiger partial charge < -0.3 is 19.1 Å². The third kappa shape index (κ3) is 23.7. The summed E-state index contributed by atoms with van der Waals surface area (Å²) in [6.45, 7) is 35.9. The molecule has 0 aliphatic carbocycles. The summed E-state index contributed by atoms with van der Waals surface area (Å²) in [6, 6.07) is 0. The first kappa shape index (κ1) is 56.7. The molecule has 0 radical (unpaired) electrons. The number of rotatable bonds is 0. The average Bonchev–Trinajstić information content (AvgIpc) is 2.94. The van der Waals surface area contributed by atoms with Gasteiger partial charge in [-0.05, 0) is 97.2 Å². The molecule has 3 atom stereocenters. The molecule has 0 saturated carbocycles. The van der Waals surface area contributed by atoms with E-state index in [9.17, 15) is 4.79 Å². The number of carbonyl (C=O) groups is 1. The molecule has 5 nitrogen and oxygen atoms in total. The number of hydrogen-bond donors (Lipinski definition) is 0. The van der Waals surface area contributed by atoms with Crippen LogP contribution in [0, 0.1) is 39.4 Å². The van der Waals surface area contributed by atoms with Crippen molar-refractivity contribution in [2.75, 3.05) is 46.1 Å². The Bertz CT molecular complexity index is 668. The van der Waals surface area contributed by atoms with Crippen molar-refractivity contribution >= 4 is 5.91 Å². The van der Waals surface area contributed by atoms with Crippen molar-refractivity contribution in [3.63, 3.8) is 0 Å². The molecule has 0 aromatic carbocycles. The van der Waals surface area contributed by atoms with Crippen LogP contribution in [0.4, 0.5) is 0 Å². The second-order valence-electron chi connectivity index (χ2n) is 17.9. The number of amides is 1. The maximum absolute atomic E-state index is 11.2. The fourth-order valence-corrected chi connectivity index (χ4v) is 6.38. The molecule has 4 fully saturated rings. The Labute approximate surface area is 305 Å². The Hall–Kier alpha value is -0.650. The second-order valence-corrected chi connectivity index (χ2v) is 17.9.